The van der Waals surface area contributed by atoms with Gasteiger partial charge in [0.25, 0.3) is 0 Å². The SMILES string of the molecule is Cc1ccc(N(c2cc3c(c4ccccc24)-c2cc4c(cc2C3(C)C)C2(CCCCC2)c2cc3c(cc2-4)-c2c(cc(N(c4ccc(C)cc4C)c4cccc5c4oc4ccccc45)c4ccccc24)C3(C)C)c2cccc3c2oc2ccccc23)c(C)c1. The molecule has 0 bridgehead atoms. The molecule has 0 saturated heterocycles. The third-order valence-corrected chi connectivity index (χ3v) is 21.5. The van der Waals surface area contributed by atoms with Gasteiger partial charge < -0.3 is 18.6 Å². The number of hydrogen-bond donors (Lipinski definition) is 0. The van der Waals surface area contributed by atoms with Crippen molar-refractivity contribution in [1.82, 2.24) is 0 Å². The molecular weight excluding hydrogens is 1070 g/mol. The minimum absolute atomic E-state index is 0.0841. The van der Waals surface area contributed by atoms with Crippen molar-refractivity contribution in [2.45, 2.75) is 104 Å². The van der Waals surface area contributed by atoms with E-state index in [4.69, 9.17) is 8.83 Å². The van der Waals surface area contributed by atoms with Gasteiger partial charge in [0.05, 0.1) is 22.7 Å². The Kier molecular flexibility index (Phi) is 10.7. The Labute approximate surface area is 514 Å². The summed E-state index contributed by atoms with van der Waals surface area (Å²) >= 11 is 0. The number of furan rings is 2. The summed E-state index contributed by atoms with van der Waals surface area (Å²) in [4.78, 5) is 5.01. The van der Waals surface area contributed by atoms with Crippen LogP contribution in [0.2, 0.25) is 0 Å². The summed E-state index contributed by atoms with van der Waals surface area (Å²) in [7, 11) is 0. The van der Waals surface area contributed by atoms with Gasteiger partial charge in [-0.1, -0.05) is 204 Å². The number of rotatable bonds is 6. The smallest absolute Gasteiger partial charge is 0.159 e. The molecule has 14 aromatic rings. The van der Waals surface area contributed by atoms with Gasteiger partial charge >= 0.3 is 0 Å². The van der Waals surface area contributed by atoms with Gasteiger partial charge in [-0.3, -0.25) is 0 Å². The van der Waals surface area contributed by atoms with Crippen LogP contribution in [0.4, 0.5) is 34.1 Å². The van der Waals surface area contributed by atoms with Crippen LogP contribution >= 0.6 is 0 Å². The molecule has 2 heterocycles. The maximum Gasteiger partial charge on any atom is 0.159 e. The van der Waals surface area contributed by atoms with Crippen LogP contribution < -0.4 is 9.80 Å². The molecule has 1 saturated carbocycles. The molecule has 88 heavy (non-hydrogen) atoms. The molecule has 18 rings (SSSR count). The lowest BCUT2D eigenvalue weighted by Crippen LogP contribution is -2.29. The summed E-state index contributed by atoms with van der Waals surface area (Å²) in [5.74, 6) is 0. The van der Waals surface area contributed by atoms with Crippen LogP contribution in [-0.4, -0.2) is 0 Å². The molecule has 1 fully saturated rings. The number of hydrogen-bond acceptors (Lipinski definition) is 4. The first-order valence-corrected chi connectivity index (χ1v) is 31.9. The number of anilines is 6. The highest BCUT2D eigenvalue weighted by Gasteiger charge is 2.50. The topological polar surface area (TPSA) is 32.8 Å². The maximum absolute atomic E-state index is 6.91. The monoisotopic (exact) mass is 1140 g/mol. The van der Waals surface area contributed by atoms with E-state index in [1.165, 1.54) is 130 Å². The summed E-state index contributed by atoms with van der Waals surface area (Å²) in [6.45, 7) is 18.9. The van der Waals surface area contributed by atoms with Crippen LogP contribution in [0.3, 0.4) is 0 Å². The zero-order valence-corrected chi connectivity index (χ0v) is 51.4. The molecule has 0 radical (unpaired) electrons. The molecule has 426 valence electrons. The largest absolute Gasteiger partial charge is 0.454 e. The average Bonchev–Trinajstić information content (AvgIpc) is 1.57. The molecule has 2 aromatic heterocycles. The maximum atomic E-state index is 6.91. The van der Waals surface area contributed by atoms with Crippen molar-refractivity contribution in [3.63, 3.8) is 0 Å². The van der Waals surface area contributed by atoms with Crippen molar-refractivity contribution in [2.24, 2.45) is 0 Å². The first-order chi connectivity index (χ1) is 42.8. The van der Waals surface area contributed by atoms with E-state index in [1.54, 1.807) is 0 Å². The van der Waals surface area contributed by atoms with E-state index < -0.39 is 0 Å². The molecular formula is C84H68N2O2. The van der Waals surface area contributed by atoms with E-state index in [2.05, 4.69) is 271 Å². The predicted octanol–water partition coefficient (Wildman–Crippen LogP) is 23.8. The summed E-state index contributed by atoms with van der Waals surface area (Å²) in [5.41, 5.74) is 31.4. The molecule has 4 aliphatic carbocycles. The van der Waals surface area contributed by atoms with Crippen molar-refractivity contribution in [1.29, 1.82) is 0 Å². The number of fused-ring (bicyclic) bond motifs is 21. The Hall–Kier alpha value is -9.64. The molecule has 0 aliphatic heterocycles. The Bertz CT molecular complexity index is 5060. The fourth-order valence-electron chi connectivity index (χ4n) is 17.4. The van der Waals surface area contributed by atoms with E-state index in [1.807, 2.05) is 0 Å². The summed E-state index contributed by atoms with van der Waals surface area (Å²) in [5, 5.41) is 9.49. The standard InChI is InChI=1S/C84H68N2O2/c1-48-34-36-70(50(3)40-48)85(72-30-20-28-58-54-24-14-16-32-76(54)87-80(58)72)74-46-68-78(56-26-12-10-22-52(56)74)62-42-60-61-43-63-65(45-67(61)84(38-18-9-19-39-84)66(60)44-64(62)82(68,5)6)83(7,8)69-47-75(53-23-11-13-27-57(53)79(63)69)86(71-37-35-49(2)41-51(71)4)73-31-21-29-59-55-25-15-17-33-77(55)88-81(59)73/h10-17,20-37,40-47H,9,18-19,38-39H2,1-8H3. The first-order valence-electron chi connectivity index (χ1n) is 31.9. The number of benzene rings is 12. The van der Waals surface area contributed by atoms with Crippen molar-refractivity contribution < 1.29 is 8.83 Å². The van der Waals surface area contributed by atoms with Crippen LogP contribution in [-0.2, 0) is 16.2 Å². The number of nitrogens with zero attached hydrogens (tertiary/aromatic N) is 2. The highest BCUT2D eigenvalue weighted by Crippen LogP contribution is 2.65. The molecule has 1 spiro atoms. The minimum atomic E-state index is -0.303. The summed E-state index contributed by atoms with van der Waals surface area (Å²) in [6.07, 6.45) is 6.03. The lowest BCUT2D eigenvalue weighted by atomic mass is 9.66. The van der Waals surface area contributed by atoms with E-state index in [0.29, 0.717) is 0 Å². The summed E-state index contributed by atoms with van der Waals surface area (Å²) in [6, 6.07) is 78.3. The highest BCUT2D eigenvalue weighted by atomic mass is 16.3. The van der Waals surface area contributed by atoms with Crippen LogP contribution in [0.5, 0.6) is 0 Å². The van der Waals surface area contributed by atoms with E-state index in [-0.39, 0.29) is 16.2 Å². The number of aryl methyl sites for hydroxylation is 4. The fraction of sp³-hybridized carbons (Fsp3) is 0.190. The van der Waals surface area contributed by atoms with Gasteiger partial charge in [0.2, 0.25) is 0 Å². The van der Waals surface area contributed by atoms with Crippen LogP contribution in [0, 0.1) is 27.7 Å². The molecule has 12 aromatic carbocycles. The van der Waals surface area contributed by atoms with Gasteiger partial charge in [-0.25, -0.2) is 0 Å². The highest BCUT2D eigenvalue weighted by molar-refractivity contribution is 6.17. The van der Waals surface area contributed by atoms with Crippen LogP contribution in [0.1, 0.15) is 115 Å². The molecule has 0 N–H and O–H groups in total. The van der Waals surface area contributed by atoms with Crippen LogP contribution in [0.15, 0.2) is 215 Å². The van der Waals surface area contributed by atoms with Crippen LogP contribution in [0.25, 0.3) is 98.8 Å². The predicted molar refractivity (Wildman–Crippen MR) is 369 cm³/mol. The number of para-hydroxylation sites is 4. The normalized spacial score (nSPS) is 15.5. The first kappa shape index (κ1) is 51.6. The zero-order valence-electron chi connectivity index (χ0n) is 51.4. The van der Waals surface area contributed by atoms with Gasteiger partial charge in [0, 0.05) is 59.9 Å². The second kappa shape index (κ2) is 18.2. The van der Waals surface area contributed by atoms with Gasteiger partial charge in [0.1, 0.15) is 11.2 Å². The molecule has 4 aliphatic rings. The third kappa shape index (κ3) is 6.92. The zero-order chi connectivity index (χ0) is 59.3. The van der Waals surface area contributed by atoms with Crippen molar-refractivity contribution in [3.05, 3.63) is 262 Å². The van der Waals surface area contributed by atoms with Gasteiger partial charge in [-0.2, -0.15) is 0 Å². The van der Waals surface area contributed by atoms with E-state index >= 15 is 0 Å². The second-order valence-electron chi connectivity index (χ2n) is 27.3. The molecule has 0 amide bonds. The lowest BCUT2D eigenvalue weighted by Gasteiger charge is -2.37. The Morgan fingerprint density at radius 3 is 1.14 bits per heavy atom. The quantitative estimate of drug-likeness (QED) is 0.166. The Balaban J connectivity index is 0.851. The average molecular weight is 1140 g/mol. The molecule has 4 heteroatoms. The molecule has 4 nitrogen and oxygen atoms in total. The van der Waals surface area contributed by atoms with E-state index in [9.17, 15) is 0 Å². The second-order valence-corrected chi connectivity index (χ2v) is 27.3. The fourth-order valence-corrected chi connectivity index (χ4v) is 17.4. The van der Waals surface area contributed by atoms with Crippen molar-refractivity contribution in [3.8, 4) is 33.4 Å². The lowest BCUT2D eigenvalue weighted by molar-refractivity contribution is 0.352. The third-order valence-electron chi connectivity index (χ3n) is 21.5. The Morgan fingerprint density at radius 1 is 0.307 bits per heavy atom. The van der Waals surface area contributed by atoms with Crippen molar-refractivity contribution >= 4 is 99.5 Å². The van der Waals surface area contributed by atoms with Gasteiger partial charge in [-0.15, -0.1) is 0 Å². The van der Waals surface area contributed by atoms with Gasteiger partial charge in [0.15, 0.2) is 11.2 Å². The van der Waals surface area contributed by atoms with E-state index in [0.717, 1.165) is 90.8 Å². The van der Waals surface area contributed by atoms with Gasteiger partial charge in [-0.05, 0) is 190 Å². The molecule has 0 atom stereocenters. The minimum Gasteiger partial charge on any atom is -0.454 e. The Morgan fingerprint density at radius 2 is 0.705 bits per heavy atom. The summed E-state index contributed by atoms with van der Waals surface area (Å²) < 4.78 is 13.8. The molecule has 0 unspecified atom stereocenters. The van der Waals surface area contributed by atoms with Crippen molar-refractivity contribution in [2.75, 3.05) is 9.80 Å².